The summed E-state index contributed by atoms with van der Waals surface area (Å²) in [6.45, 7) is 5.39. The zero-order valence-corrected chi connectivity index (χ0v) is 6.35. The topological polar surface area (TPSA) is 32.3 Å². The van der Waals surface area contributed by atoms with Gasteiger partial charge in [0.2, 0.25) is 0 Å². The van der Waals surface area contributed by atoms with E-state index in [0.717, 1.165) is 19.4 Å². The van der Waals surface area contributed by atoms with E-state index in [-0.39, 0.29) is 6.61 Å². The SMILES string of the molecule is CCC[C@H](CO)NCC. The fourth-order valence-corrected chi connectivity index (χ4v) is 0.895. The Bertz CT molecular complexity index is 50.9. The highest BCUT2D eigenvalue weighted by molar-refractivity contribution is 4.61. The molecule has 56 valence electrons. The van der Waals surface area contributed by atoms with Crippen LogP contribution in [0.4, 0.5) is 0 Å². The van der Waals surface area contributed by atoms with E-state index >= 15 is 0 Å². The van der Waals surface area contributed by atoms with Gasteiger partial charge in [-0.3, -0.25) is 0 Å². The van der Waals surface area contributed by atoms with Crippen LogP contribution in [0.3, 0.4) is 0 Å². The van der Waals surface area contributed by atoms with Crippen LogP contribution < -0.4 is 5.32 Å². The minimum Gasteiger partial charge on any atom is -0.395 e. The lowest BCUT2D eigenvalue weighted by Gasteiger charge is -2.12. The van der Waals surface area contributed by atoms with Crippen molar-refractivity contribution in [2.75, 3.05) is 13.2 Å². The molecule has 1 atom stereocenters. The lowest BCUT2D eigenvalue weighted by molar-refractivity contribution is 0.237. The van der Waals surface area contributed by atoms with E-state index in [0.29, 0.717) is 6.04 Å². The van der Waals surface area contributed by atoms with Gasteiger partial charge in [-0.15, -0.1) is 0 Å². The zero-order chi connectivity index (χ0) is 7.11. The van der Waals surface area contributed by atoms with Crippen molar-refractivity contribution in [3.63, 3.8) is 0 Å². The highest BCUT2D eigenvalue weighted by Crippen LogP contribution is 1.93. The molecule has 0 rings (SSSR count). The Kier molecular flexibility index (Phi) is 5.99. The molecule has 9 heavy (non-hydrogen) atoms. The second kappa shape index (κ2) is 6.05. The molecule has 0 radical (unpaired) electrons. The minimum absolute atomic E-state index is 0.266. The van der Waals surface area contributed by atoms with Crippen molar-refractivity contribution in [3.8, 4) is 0 Å². The normalized spacial score (nSPS) is 13.7. The average molecular weight is 131 g/mol. The summed E-state index contributed by atoms with van der Waals surface area (Å²) in [5, 5.41) is 11.9. The molecule has 0 heterocycles. The Morgan fingerprint density at radius 2 is 2.11 bits per heavy atom. The first kappa shape index (κ1) is 8.92. The number of likely N-dealkylation sites (N-methyl/N-ethyl adjacent to an activating group) is 1. The molecule has 0 saturated carbocycles. The average Bonchev–Trinajstić information content (AvgIpc) is 1.88. The van der Waals surface area contributed by atoms with Gasteiger partial charge in [-0.05, 0) is 13.0 Å². The number of aliphatic hydroxyl groups excluding tert-OH is 1. The van der Waals surface area contributed by atoms with E-state index < -0.39 is 0 Å². The van der Waals surface area contributed by atoms with Gasteiger partial charge in [0, 0.05) is 6.04 Å². The van der Waals surface area contributed by atoms with E-state index in [2.05, 4.69) is 19.2 Å². The van der Waals surface area contributed by atoms with Gasteiger partial charge in [-0.2, -0.15) is 0 Å². The Hall–Kier alpha value is -0.0800. The standard InChI is InChI=1S/C7H17NO/c1-3-5-7(6-9)8-4-2/h7-9H,3-6H2,1-2H3/t7-/m1/s1. The molecule has 2 heteroatoms. The van der Waals surface area contributed by atoms with Gasteiger partial charge in [0.05, 0.1) is 6.61 Å². The van der Waals surface area contributed by atoms with Gasteiger partial charge in [0.1, 0.15) is 0 Å². The molecule has 0 aromatic heterocycles. The zero-order valence-electron chi connectivity index (χ0n) is 6.35. The quantitative estimate of drug-likeness (QED) is 0.577. The molecule has 0 bridgehead atoms. The van der Waals surface area contributed by atoms with Gasteiger partial charge in [0.15, 0.2) is 0 Å². The summed E-state index contributed by atoms with van der Waals surface area (Å²) in [5.41, 5.74) is 0. The number of rotatable bonds is 5. The second-order valence-corrected chi connectivity index (χ2v) is 2.23. The number of nitrogens with one attached hydrogen (secondary N) is 1. The predicted molar refractivity (Wildman–Crippen MR) is 39.5 cm³/mol. The van der Waals surface area contributed by atoms with Crippen molar-refractivity contribution in [1.29, 1.82) is 0 Å². The van der Waals surface area contributed by atoms with Crippen molar-refractivity contribution in [3.05, 3.63) is 0 Å². The highest BCUT2D eigenvalue weighted by Gasteiger charge is 2.01. The molecule has 0 aromatic rings. The van der Waals surface area contributed by atoms with E-state index in [9.17, 15) is 0 Å². The molecule has 0 aromatic carbocycles. The van der Waals surface area contributed by atoms with Crippen LogP contribution in [0, 0.1) is 0 Å². The molecule has 0 spiro atoms. The first-order chi connectivity index (χ1) is 4.35. The van der Waals surface area contributed by atoms with E-state index in [1.807, 2.05) is 0 Å². The second-order valence-electron chi connectivity index (χ2n) is 2.23. The van der Waals surface area contributed by atoms with Gasteiger partial charge >= 0.3 is 0 Å². The van der Waals surface area contributed by atoms with E-state index in [4.69, 9.17) is 5.11 Å². The Balaban J connectivity index is 3.18. The molecule has 0 saturated heterocycles. The number of hydrogen-bond donors (Lipinski definition) is 2. The van der Waals surface area contributed by atoms with Gasteiger partial charge in [-0.25, -0.2) is 0 Å². The van der Waals surface area contributed by atoms with Crippen molar-refractivity contribution in [1.82, 2.24) is 5.32 Å². The van der Waals surface area contributed by atoms with Gasteiger partial charge in [0.25, 0.3) is 0 Å². The monoisotopic (exact) mass is 131 g/mol. The lowest BCUT2D eigenvalue weighted by Crippen LogP contribution is -2.31. The van der Waals surface area contributed by atoms with Crippen LogP contribution in [-0.4, -0.2) is 24.3 Å². The summed E-state index contributed by atoms with van der Waals surface area (Å²) in [6, 6.07) is 0.319. The largest absolute Gasteiger partial charge is 0.395 e. The maximum Gasteiger partial charge on any atom is 0.0584 e. The predicted octanol–water partition coefficient (Wildman–Crippen LogP) is 0.757. The molecule has 2 nitrogen and oxygen atoms in total. The molecule has 0 fully saturated rings. The van der Waals surface area contributed by atoms with Crippen molar-refractivity contribution < 1.29 is 5.11 Å². The maximum atomic E-state index is 8.73. The molecular weight excluding hydrogens is 114 g/mol. The van der Waals surface area contributed by atoms with E-state index in [1.54, 1.807) is 0 Å². The van der Waals surface area contributed by atoms with Crippen LogP contribution in [0.2, 0.25) is 0 Å². The van der Waals surface area contributed by atoms with Crippen LogP contribution in [0.5, 0.6) is 0 Å². The molecule has 0 unspecified atom stereocenters. The smallest absolute Gasteiger partial charge is 0.0584 e. The first-order valence-corrected chi connectivity index (χ1v) is 3.69. The van der Waals surface area contributed by atoms with Crippen molar-refractivity contribution in [2.45, 2.75) is 32.7 Å². The van der Waals surface area contributed by atoms with Crippen molar-refractivity contribution in [2.24, 2.45) is 0 Å². The van der Waals surface area contributed by atoms with Crippen molar-refractivity contribution >= 4 is 0 Å². The third kappa shape index (κ3) is 4.43. The minimum atomic E-state index is 0.266. The molecule has 0 aliphatic rings. The molecular formula is C7H17NO. The van der Waals surface area contributed by atoms with Crippen LogP contribution in [0.25, 0.3) is 0 Å². The Morgan fingerprint density at radius 1 is 1.44 bits per heavy atom. The van der Waals surface area contributed by atoms with Gasteiger partial charge < -0.3 is 10.4 Å². The summed E-state index contributed by atoms with van der Waals surface area (Å²) in [4.78, 5) is 0. The summed E-state index contributed by atoms with van der Waals surface area (Å²) in [5.74, 6) is 0. The van der Waals surface area contributed by atoms with Crippen LogP contribution >= 0.6 is 0 Å². The molecule has 2 N–H and O–H groups in total. The summed E-state index contributed by atoms with van der Waals surface area (Å²) in [7, 11) is 0. The fourth-order valence-electron chi connectivity index (χ4n) is 0.895. The summed E-state index contributed by atoms with van der Waals surface area (Å²) >= 11 is 0. The van der Waals surface area contributed by atoms with Gasteiger partial charge in [-0.1, -0.05) is 20.3 Å². The Labute approximate surface area is 57.3 Å². The molecule has 0 aliphatic heterocycles. The van der Waals surface area contributed by atoms with Crippen LogP contribution in [0.15, 0.2) is 0 Å². The maximum absolute atomic E-state index is 8.73. The molecule has 0 aliphatic carbocycles. The fraction of sp³-hybridized carbons (Fsp3) is 1.00. The lowest BCUT2D eigenvalue weighted by atomic mass is 10.2. The van der Waals surface area contributed by atoms with E-state index in [1.165, 1.54) is 0 Å². The Morgan fingerprint density at radius 3 is 2.44 bits per heavy atom. The summed E-state index contributed by atoms with van der Waals surface area (Å²) < 4.78 is 0. The first-order valence-electron chi connectivity index (χ1n) is 3.69. The highest BCUT2D eigenvalue weighted by atomic mass is 16.3. The third-order valence-corrected chi connectivity index (χ3v) is 1.35. The van der Waals surface area contributed by atoms with Crippen LogP contribution in [-0.2, 0) is 0 Å². The number of aliphatic hydroxyl groups is 1. The third-order valence-electron chi connectivity index (χ3n) is 1.35. The molecule has 0 amide bonds. The summed E-state index contributed by atoms with van der Waals surface area (Å²) in [6.07, 6.45) is 2.21. The number of hydrogen-bond acceptors (Lipinski definition) is 2. The van der Waals surface area contributed by atoms with Crippen LogP contribution in [0.1, 0.15) is 26.7 Å².